The van der Waals surface area contributed by atoms with Crippen LogP contribution in [0.25, 0.3) is 0 Å². The molecule has 0 bridgehead atoms. The third kappa shape index (κ3) is 3.72. The third-order valence-corrected chi connectivity index (χ3v) is 3.50. The monoisotopic (exact) mass is 322 g/mol. The van der Waals surface area contributed by atoms with Gasteiger partial charge in [-0.2, -0.15) is 0 Å². The fraction of sp³-hybridized carbons (Fsp3) is 0.833. The summed E-state index contributed by atoms with van der Waals surface area (Å²) in [7, 11) is 1.01. The minimum absolute atomic E-state index is 0.560. The summed E-state index contributed by atoms with van der Waals surface area (Å²) in [4.78, 5) is 22.4. The van der Waals surface area contributed by atoms with Gasteiger partial charge in [-0.25, -0.2) is 0 Å². The van der Waals surface area contributed by atoms with Gasteiger partial charge in [0.05, 0.1) is 18.8 Å². The highest BCUT2D eigenvalue weighted by Gasteiger charge is 2.51. The highest BCUT2D eigenvalue weighted by atomic mass is 16.7. The molecule has 1 rings (SSSR count). The lowest BCUT2D eigenvalue weighted by molar-refractivity contribution is -0.378. The highest BCUT2D eigenvalue weighted by Crippen LogP contribution is 2.32. The molecule has 0 aromatic rings. The summed E-state index contributed by atoms with van der Waals surface area (Å²) < 4.78 is 9.92. The summed E-state index contributed by atoms with van der Waals surface area (Å²) in [6, 6.07) is -1.21. The van der Waals surface area contributed by atoms with Crippen molar-refractivity contribution in [2.45, 2.75) is 49.6 Å². The highest BCUT2D eigenvalue weighted by molar-refractivity contribution is 5.75. The molecule has 1 saturated heterocycles. The molecular weight excluding hydrogens is 302 g/mol. The molecule has 5 N–H and O–H groups in total. The summed E-state index contributed by atoms with van der Waals surface area (Å²) in [5.41, 5.74) is 0. The van der Waals surface area contributed by atoms with Gasteiger partial charge in [-0.05, 0) is 0 Å². The first-order valence-electron chi connectivity index (χ1n) is 6.55. The molecule has 1 amide bonds. The summed E-state index contributed by atoms with van der Waals surface area (Å²) in [5, 5.41) is 52.0. The van der Waals surface area contributed by atoms with Gasteiger partial charge >= 0.3 is 0 Å². The van der Waals surface area contributed by atoms with Crippen LogP contribution in [0.4, 0.5) is 0 Å². The zero-order valence-electron chi connectivity index (χ0n) is 12.1. The maximum atomic E-state index is 11.2. The number of ether oxygens (including phenoxy) is 2. The molecule has 22 heavy (non-hydrogen) atoms. The van der Waals surface area contributed by atoms with E-state index in [0.29, 0.717) is 0 Å². The quantitative estimate of drug-likeness (QED) is 0.323. The lowest BCUT2D eigenvalue weighted by Crippen LogP contribution is -2.69. The van der Waals surface area contributed by atoms with Crippen molar-refractivity contribution in [3.05, 3.63) is 0 Å². The average Bonchev–Trinajstić information content (AvgIpc) is 2.46. The SMILES string of the molecule is COC1(C(=O)[O-])C[C@H](O)[C@@H](NC(C)=O)[C@H]([C@H](O)[C@H](O)CO)O1. The minimum Gasteiger partial charge on any atom is -0.544 e. The van der Waals surface area contributed by atoms with Crippen molar-refractivity contribution in [1.82, 2.24) is 5.32 Å². The van der Waals surface area contributed by atoms with Crippen molar-refractivity contribution in [3.63, 3.8) is 0 Å². The summed E-state index contributed by atoms with van der Waals surface area (Å²) >= 11 is 0. The summed E-state index contributed by atoms with van der Waals surface area (Å²) in [5.74, 6) is -4.71. The zero-order valence-corrected chi connectivity index (χ0v) is 12.1. The first kappa shape index (κ1) is 18.7. The Morgan fingerprint density at radius 1 is 1.50 bits per heavy atom. The van der Waals surface area contributed by atoms with Crippen molar-refractivity contribution in [1.29, 1.82) is 0 Å². The Hall–Kier alpha value is -1.30. The van der Waals surface area contributed by atoms with Crippen LogP contribution in [0.3, 0.4) is 0 Å². The predicted octanol–water partition coefficient (Wildman–Crippen LogP) is -4.55. The van der Waals surface area contributed by atoms with Crippen LogP contribution in [0.1, 0.15) is 13.3 Å². The standard InChI is InChI=1S/C12H21NO9/c1-5(15)13-8-6(16)3-12(21-2,11(19)20)22-10(8)9(18)7(17)4-14/h6-10,14,16-18H,3-4H2,1-2H3,(H,13,15)(H,19,20)/p-1/t6-,7+,8+,9+,10+,12?/m0/s1. The molecule has 0 aromatic carbocycles. The number of methoxy groups -OCH3 is 1. The van der Waals surface area contributed by atoms with Crippen LogP contribution in [0.2, 0.25) is 0 Å². The molecule has 0 saturated carbocycles. The molecule has 1 aliphatic rings. The molecule has 1 heterocycles. The number of aliphatic hydroxyl groups is 4. The Bertz CT molecular complexity index is 417. The predicted molar refractivity (Wildman–Crippen MR) is 66.9 cm³/mol. The van der Waals surface area contributed by atoms with E-state index in [0.717, 1.165) is 14.0 Å². The number of rotatable bonds is 6. The van der Waals surface area contributed by atoms with Crippen LogP contribution in [0.15, 0.2) is 0 Å². The van der Waals surface area contributed by atoms with E-state index in [9.17, 15) is 30.0 Å². The first-order valence-corrected chi connectivity index (χ1v) is 6.55. The van der Waals surface area contributed by atoms with E-state index in [1.165, 1.54) is 0 Å². The smallest absolute Gasteiger partial charge is 0.217 e. The summed E-state index contributed by atoms with van der Waals surface area (Å²) in [6.07, 6.45) is -7.03. The molecule has 10 nitrogen and oxygen atoms in total. The number of aliphatic hydroxyl groups excluding tert-OH is 4. The van der Waals surface area contributed by atoms with Crippen molar-refractivity contribution in [2.24, 2.45) is 0 Å². The van der Waals surface area contributed by atoms with Crippen molar-refractivity contribution < 1.29 is 44.6 Å². The largest absolute Gasteiger partial charge is 0.544 e. The number of carboxylic acids is 1. The molecule has 1 aliphatic heterocycles. The minimum atomic E-state index is -2.35. The number of carbonyl (C=O) groups excluding carboxylic acids is 2. The van der Waals surface area contributed by atoms with Gasteiger partial charge in [0.25, 0.3) is 0 Å². The van der Waals surface area contributed by atoms with Gasteiger partial charge in [0.2, 0.25) is 11.7 Å². The molecule has 10 heteroatoms. The van der Waals surface area contributed by atoms with E-state index in [-0.39, 0.29) is 0 Å². The van der Waals surface area contributed by atoms with Crippen molar-refractivity contribution in [3.8, 4) is 0 Å². The van der Waals surface area contributed by atoms with E-state index >= 15 is 0 Å². The van der Waals surface area contributed by atoms with Crippen molar-refractivity contribution >= 4 is 11.9 Å². The normalized spacial score (nSPS) is 34.7. The van der Waals surface area contributed by atoms with E-state index in [1.807, 2.05) is 0 Å². The number of carboxylic acid groups (broad SMARTS) is 1. The van der Waals surface area contributed by atoms with Gasteiger partial charge in [0.1, 0.15) is 24.3 Å². The van der Waals surface area contributed by atoms with Crippen LogP contribution in [-0.2, 0) is 19.1 Å². The fourth-order valence-corrected chi connectivity index (χ4v) is 2.33. The van der Waals surface area contributed by atoms with Gasteiger partial charge < -0.3 is 45.1 Å². The van der Waals surface area contributed by atoms with Gasteiger partial charge in [0.15, 0.2) is 0 Å². The number of hydrogen-bond donors (Lipinski definition) is 5. The Kier molecular flexibility index (Phi) is 6.23. The lowest BCUT2D eigenvalue weighted by Gasteiger charge is -2.48. The Morgan fingerprint density at radius 2 is 2.09 bits per heavy atom. The lowest BCUT2D eigenvalue weighted by atomic mass is 9.88. The maximum absolute atomic E-state index is 11.2. The van der Waals surface area contributed by atoms with E-state index < -0.39 is 61.1 Å². The topological polar surface area (TPSA) is 169 Å². The number of aliphatic carboxylic acids is 1. The number of hydrogen-bond acceptors (Lipinski definition) is 9. The van der Waals surface area contributed by atoms with Gasteiger partial charge in [-0.15, -0.1) is 0 Å². The van der Waals surface area contributed by atoms with Crippen LogP contribution < -0.4 is 10.4 Å². The molecule has 6 atom stereocenters. The second-order valence-corrected chi connectivity index (χ2v) is 5.07. The summed E-state index contributed by atoms with van der Waals surface area (Å²) in [6.45, 7) is 0.310. The fourth-order valence-electron chi connectivity index (χ4n) is 2.33. The molecule has 0 spiro atoms. The molecule has 0 aliphatic carbocycles. The van der Waals surface area contributed by atoms with Crippen LogP contribution in [-0.4, -0.2) is 82.3 Å². The molecule has 128 valence electrons. The Morgan fingerprint density at radius 3 is 2.50 bits per heavy atom. The molecule has 1 unspecified atom stereocenters. The second kappa shape index (κ2) is 7.31. The Labute approximate surface area is 126 Å². The van der Waals surface area contributed by atoms with E-state index in [4.69, 9.17) is 14.6 Å². The maximum Gasteiger partial charge on any atom is 0.217 e. The van der Waals surface area contributed by atoms with E-state index in [2.05, 4.69) is 5.32 Å². The van der Waals surface area contributed by atoms with Gasteiger partial charge in [-0.3, -0.25) is 4.79 Å². The molecular formula is C12H20NO9-. The number of carbonyl (C=O) groups is 2. The van der Waals surface area contributed by atoms with Crippen LogP contribution >= 0.6 is 0 Å². The zero-order chi connectivity index (χ0) is 17.1. The van der Waals surface area contributed by atoms with Gasteiger partial charge in [-0.1, -0.05) is 0 Å². The van der Waals surface area contributed by atoms with Crippen molar-refractivity contribution in [2.75, 3.05) is 13.7 Å². The van der Waals surface area contributed by atoms with E-state index in [1.54, 1.807) is 0 Å². The Balaban J connectivity index is 3.14. The molecule has 0 aromatic heterocycles. The average molecular weight is 322 g/mol. The van der Waals surface area contributed by atoms with Crippen LogP contribution in [0.5, 0.6) is 0 Å². The second-order valence-electron chi connectivity index (χ2n) is 5.07. The molecule has 1 fully saturated rings. The third-order valence-electron chi connectivity index (χ3n) is 3.50. The molecule has 0 radical (unpaired) electrons. The first-order chi connectivity index (χ1) is 10.2. The van der Waals surface area contributed by atoms with Crippen LogP contribution in [0, 0.1) is 0 Å². The number of amides is 1. The van der Waals surface area contributed by atoms with Gasteiger partial charge in [0, 0.05) is 20.5 Å². The number of nitrogens with one attached hydrogen (secondary N) is 1.